The Bertz CT molecular complexity index is 1270. The minimum atomic E-state index is -3.55. The van der Waals surface area contributed by atoms with E-state index in [1.807, 2.05) is 31.2 Å². The number of hydrogen-bond donors (Lipinski definition) is 1. The van der Waals surface area contributed by atoms with Gasteiger partial charge < -0.3 is 10.5 Å². The van der Waals surface area contributed by atoms with Gasteiger partial charge in [0.05, 0.1) is 18.8 Å². The first kappa shape index (κ1) is 23.5. The molecule has 2 aromatic heterocycles. The van der Waals surface area contributed by atoms with E-state index in [-0.39, 0.29) is 5.41 Å². The van der Waals surface area contributed by atoms with Crippen molar-refractivity contribution in [1.29, 1.82) is 0 Å². The molecule has 1 saturated heterocycles. The monoisotopic (exact) mass is 498 g/mol. The Hall–Kier alpha value is -3.25. The molecule has 2 fully saturated rings. The summed E-state index contributed by atoms with van der Waals surface area (Å²) >= 11 is 0. The molecule has 0 atom stereocenters. The van der Waals surface area contributed by atoms with E-state index in [1.54, 1.807) is 21.2 Å². The largest absolute Gasteiger partial charge is 0.494 e. The van der Waals surface area contributed by atoms with Gasteiger partial charge in [0.25, 0.3) is 0 Å². The summed E-state index contributed by atoms with van der Waals surface area (Å²) in [4.78, 5) is 5.50. The van der Waals surface area contributed by atoms with Gasteiger partial charge in [-0.15, -0.1) is 10.2 Å². The molecule has 1 aliphatic heterocycles. The number of aryl methyl sites for hydroxylation is 1. The van der Waals surface area contributed by atoms with Crippen LogP contribution < -0.4 is 14.8 Å². The lowest BCUT2D eigenvalue weighted by Crippen LogP contribution is -2.34. The zero-order chi connectivity index (χ0) is 24.5. The SMILES string of the molecule is CCn1nnc(-c2ccc(OCCC3(CCN4CCN(c5ccnc(N)c5)S4(=O)=O)CC3)cc2)n1. The molecular formula is C23H30N8O3S. The van der Waals surface area contributed by atoms with Gasteiger partial charge in [-0.25, -0.2) is 4.98 Å². The number of benzene rings is 1. The molecule has 3 heterocycles. The average molecular weight is 499 g/mol. The van der Waals surface area contributed by atoms with Crippen LogP contribution >= 0.6 is 0 Å². The highest BCUT2D eigenvalue weighted by Crippen LogP contribution is 2.52. The van der Waals surface area contributed by atoms with Gasteiger partial charge in [0.15, 0.2) is 0 Å². The van der Waals surface area contributed by atoms with Crippen LogP contribution in [0.5, 0.6) is 5.75 Å². The molecule has 3 aromatic rings. The highest BCUT2D eigenvalue weighted by molar-refractivity contribution is 7.90. The van der Waals surface area contributed by atoms with Crippen LogP contribution in [0.25, 0.3) is 11.4 Å². The highest BCUT2D eigenvalue weighted by Gasteiger charge is 2.44. The van der Waals surface area contributed by atoms with E-state index in [0.29, 0.717) is 50.1 Å². The van der Waals surface area contributed by atoms with E-state index in [2.05, 4.69) is 20.4 Å². The third kappa shape index (κ3) is 5.08. The van der Waals surface area contributed by atoms with E-state index in [1.165, 1.54) is 10.5 Å². The van der Waals surface area contributed by atoms with E-state index >= 15 is 0 Å². The lowest BCUT2D eigenvalue weighted by Gasteiger charge is -2.22. The molecule has 0 bridgehead atoms. The van der Waals surface area contributed by atoms with Crippen molar-refractivity contribution >= 4 is 21.7 Å². The standard InChI is InChI=1S/C23H30N8O3S/c1-2-31-27-22(26-28-31)18-3-5-20(6-4-18)34-16-11-23(8-9-23)10-13-29-14-15-30(35(29,32)33)19-7-12-25-21(24)17-19/h3-7,12,17H,2,8-11,13-16H2,1H3,(H2,24,25). The first-order valence-electron chi connectivity index (χ1n) is 11.9. The third-order valence-electron chi connectivity index (χ3n) is 6.81. The second-order valence-corrected chi connectivity index (χ2v) is 10.9. The summed E-state index contributed by atoms with van der Waals surface area (Å²) in [5.41, 5.74) is 7.35. The van der Waals surface area contributed by atoms with Crippen LogP contribution in [-0.2, 0) is 16.8 Å². The first-order valence-corrected chi connectivity index (χ1v) is 13.3. The summed E-state index contributed by atoms with van der Waals surface area (Å²) in [7, 11) is -3.55. The minimum Gasteiger partial charge on any atom is -0.494 e. The van der Waals surface area contributed by atoms with Crippen LogP contribution in [0.15, 0.2) is 42.6 Å². The zero-order valence-electron chi connectivity index (χ0n) is 19.7. The van der Waals surface area contributed by atoms with Crippen molar-refractivity contribution in [1.82, 2.24) is 29.5 Å². The number of rotatable bonds is 10. The molecule has 0 unspecified atom stereocenters. The van der Waals surface area contributed by atoms with Gasteiger partial charge in [0, 0.05) is 37.5 Å². The molecule has 5 rings (SSSR count). The van der Waals surface area contributed by atoms with E-state index in [0.717, 1.165) is 37.0 Å². The Kier molecular flexibility index (Phi) is 6.32. The first-order chi connectivity index (χ1) is 16.9. The van der Waals surface area contributed by atoms with Crippen molar-refractivity contribution in [2.75, 3.05) is 36.3 Å². The maximum absolute atomic E-state index is 13.0. The second kappa shape index (κ2) is 9.42. The minimum absolute atomic E-state index is 0.159. The van der Waals surface area contributed by atoms with Gasteiger partial charge in [-0.05, 0) is 73.6 Å². The number of anilines is 2. The molecule has 0 radical (unpaired) electrons. The lowest BCUT2D eigenvalue weighted by atomic mass is 9.99. The molecule has 1 saturated carbocycles. The maximum atomic E-state index is 13.0. The molecule has 186 valence electrons. The molecule has 2 N–H and O–H groups in total. The van der Waals surface area contributed by atoms with Gasteiger partial charge in [0.2, 0.25) is 5.82 Å². The number of tetrazole rings is 1. The Morgan fingerprint density at radius 2 is 1.91 bits per heavy atom. The molecular weight excluding hydrogens is 468 g/mol. The lowest BCUT2D eigenvalue weighted by molar-refractivity contribution is 0.254. The molecule has 0 spiro atoms. The second-order valence-electron chi connectivity index (χ2n) is 9.09. The number of nitrogens with zero attached hydrogens (tertiary/aromatic N) is 7. The average Bonchev–Trinajstić information content (AvgIpc) is 3.32. The van der Waals surface area contributed by atoms with Crippen molar-refractivity contribution < 1.29 is 13.2 Å². The molecule has 35 heavy (non-hydrogen) atoms. The maximum Gasteiger partial charge on any atom is 0.304 e. The predicted octanol–water partition coefficient (Wildman–Crippen LogP) is 2.34. The fourth-order valence-corrected chi connectivity index (χ4v) is 6.00. The number of aromatic nitrogens is 5. The summed E-state index contributed by atoms with van der Waals surface area (Å²) in [5, 5.41) is 12.4. The Balaban J connectivity index is 1.11. The van der Waals surface area contributed by atoms with Gasteiger partial charge in [0.1, 0.15) is 11.6 Å². The Morgan fingerprint density at radius 1 is 1.11 bits per heavy atom. The number of hydrogen-bond acceptors (Lipinski definition) is 8. The van der Waals surface area contributed by atoms with Crippen LogP contribution in [0.3, 0.4) is 0 Å². The van der Waals surface area contributed by atoms with Crippen LogP contribution in [0, 0.1) is 5.41 Å². The Labute approximate surface area is 205 Å². The molecule has 2 aliphatic rings. The fraction of sp³-hybridized carbons (Fsp3) is 0.478. The molecule has 1 aromatic carbocycles. The van der Waals surface area contributed by atoms with Gasteiger partial charge in [-0.1, -0.05) is 0 Å². The molecule has 1 aliphatic carbocycles. The van der Waals surface area contributed by atoms with Crippen molar-refractivity contribution in [2.24, 2.45) is 5.41 Å². The quantitative estimate of drug-likeness (QED) is 0.450. The molecule has 11 nitrogen and oxygen atoms in total. The predicted molar refractivity (Wildman–Crippen MR) is 132 cm³/mol. The number of ether oxygens (including phenoxy) is 1. The number of pyridine rings is 1. The normalized spacial score (nSPS) is 18.6. The summed E-state index contributed by atoms with van der Waals surface area (Å²) < 4.78 is 35.0. The molecule has 0 amide bonds. The highest BCUT2D eigenvalue weighted by atomic mass is 32.2. The third-order valence-corrected chi connectivity index (χ3v) is 8.78. The zero-order valence-corrected chi connectivity index (χ0v) is 20.6. The van der Waals surface area contributed by atoms with Gasteiger partial charge in [-0.2, -0.15) is 17.5 Å². The van der Waals surface area contributed by atoms with Crippen LogP contribution in [0.2, 0.25) is 0 Å². The number of nitrogen functional groups attached to an aromatic ring is 1. The summed E-state index contributed by atoms with van der Waals surface area (Å²) in [6.45, 7) is 4.65. The smallest absolute Gasteiger partial charge is 0.304 e. The van der Waals surface area contributed by atoms with Crippen molar-refractivity contribution in [2.45, 2.75) is 39.2 Å². The van der Waals surface area contributed by atoms with E-state index < -0.39 is 10.2 Å². The van der Waals surface area contributed by atoms with Gasteiger partial charge in [-0.3, -0.25) is 4.31 Å². The summed E-state index contributed by atoms with van der Waals surface area (Å²) in [6.07, 6.45) is 5.47. The number of nitrogens with two attached hydrogens (primary N) is 1. The topological polar surface area (TPSA) is 132 Å². The summed E-state index contributed by atoms with van der Waals surface area (Å²) in [5.74, 6) is 1.70. The van der Waals surface area contributed by atoms with Crippen LogP contribution in [0.4, 0.5) is 11.5 Å². The van der Waals surface area contributed by atoms with Crippen molar-refractivity contribution in [3.8, 4) is 17.1 Å². The van der Waals surface area contributed by atoms with Crippen LogP contribution in [-0.4, -0.2) is 64.2 Å². The fourth-order valence-electron chi connectivity index (χ4n) is 4.40. The Morgan fingerprint density at radius 3 is 2.60 bits per heavy atom. The molecule has 12 heteroatoms. The van der Waals surface area contributed by atoms with Crippen LogP contribution in [0.1, 0.15) is 32.6 Å². The summed E-state index contributed by atoms with van der Waals surface area (Å²) in [6, 6.07) is 11.0. The van der Waals surface area contributed by atoms with E-state index in [4.69, 9.17) is 10.5 Å². The van der Waals surface area contributed by atoms with Crippen molar-refractivity contribution in [3.63, 3.8) is 0 Å². The van der Waals surface area contributed by atoms with Crippen molar-refractivity contribution in [3.05, 3.63) is 42.6 Å². The van der Waals surface area contributed by atoms with E-state index in [9.17, 15) is 8.42 Å². The van der Waals surface area contributed by atoms with Gasteiger partial charge >= 0.3 is 10.2 Å².